The molecule has 0 bridgehead atoms. The molecule has 2 heteroatoms. The first-order chi connectivity index (χ1) is 27.9. The van der Waals surface area contributed by atoms with Gasteiger partial charge in [0, 0.05) is 33.4 Å². The maximum absolute atomic E-state index is 3.69. The lowest BCUT2D eigenvalue weighted by Gasteiger charge is -2.11. The number of unbranched alkanes of at least 4 members (excludes halogenated alkanes) is 10. The molecule has 0 N–H and O–H groups in total. The summed E-state index contributed by atoms with van der Waals surface area (Å²) in [5.41, 5.74) is 16.2. The van der Waals surface area contributed by atoms with Gasteiger partial charge in [-0.3, -0.25) is 0 Å². The van der Waals surface area contributed by atoms with Crippen LogP contribution in [0.15, 0.2) is 84.9 Å². The highest BCUT2D eigenvalue weighted by Crippen LogP contribution is 2.32. The predicted octanol–water partition coefficient (Wildman–Crippen LogP) is 15.1. The summed E-state index contributed by atoms with van der Waals surface area (Å²) < 4.78 is 0. The van der Waals surface area contributed by atoms with Crippen LogP contribution in [0, 0.1) is 46.6 Å². The summed E-state index contributed by atoms with van der Waals surface area (Å²) in [5.74, 6) is 21.7. The molecule has 0 nitrogen and oxygen atoms in total. The third-order valence-corrected chi connectivity index (χ3v) is 12.1. The fraction of sp³-hybridized carbons (Fsp3) is 0.393. The highest BCUT2D eigenvalue weighted by Gasteiger charge is 2.13. The van der Waals surface area contributed by atoms with Crippen LogP contribution in [0.2, 0.25) is 39.3 Å². The monoisotopic (exact) mass is 794 g/mol. The van der Waals surface area contributed by atoms with Gasteiger partial charge in [-0.15, -0.1) is 11.1 Å². The number of aryl methyl sites for hydroxylation is 2. The van der Waals surface area contributed by atoms with Crippen molar-refractivity contribution in [2.75, 3.05) is 0 Å². The summed E-state index contributed by atoms with van der Waals surface area (Å²) in [5, 5.41) is 4.55. The standard InChI is InChI=1S/C56H66Si2/c1-9-11-13-15-17-19-25-45-39-47(43-49(41-45)35-37-57(3,4)5)31-33-55-51-27-21-23-29-53(51)56(54-30-24-22-28-52(54)55)34-32-48-40-46(26-20-18-16-14-12-10-2)42-50(44-48)36-38-58(6,7)8/h21-24,27-30,39-44H,9-20,25-26H2,1-8H3. The molecule has 0 radical (unpaired) electrons. The maximum atomic E-state index is 3.69. The zero-order valence-corrected chi connectivity index (χ0v) is 39.0. The maximum Gasteiger partial charge on any atom is 0.129 e. The van der Waals surface area contributed by atoms with Gasteiger partial charge < -0.3 is 0 Å². The molecule has 0 amide bonds. The van der Waals surface area contributed by atoms with Crippen LogP contribution in [0.25, 0.3) is 21.5 Å². The molecule has 0 aromatic heterocycles. The van der Waals surface area contributed by atoms with Gasteiger partial charge >= 0.3 is 0 Å². The molecular formula is C56H66Si2. The molecule has 0 heterocycles. The van der Waals surface area contributed by atoms with Crippen LogP contribution in [-0.2, 0) is 12.8 Å². The molecule has 0 saturated carbocycles. The Bertz CT molecular complexity index is 2190. The normalized spacial score (nSPS) is 11.2. The molecular weight excluding hydrogens is 729 g/mol. The highest BCUT2D eigenvalue weighted by atomic mass is 28.3. The van der Waals surface area contributed by atoms with E-state index >= 15 is 0 Å². The van der Waals surface area contributed by atoms with Gasteiger partial charge in [0.2, 0.25) is 0 Å². The Morgan fingerprint density at radius 2 is 0.672 bits per heavy atom. The summed E-state index contributed by atoms with van der Waals surface area (Å²) in [7, 11) is -3.05. The van der Waals surface area contributed by atoms with Crippen molar-refractivity contribution in [1.29, 1.82) is 0 Å². The molecule has 5 aromatic carbocycles. The molecule has 0 unspecified atom stereocenters. The summed E-state index contributed by atoms with van der Waals surface area (Å²) >= 11 is 0. The Kier molecular flexibility index (Phi) is 16.8. The van der Waals surface area contributed by atoms with Crippen molar-refractivity contribution in [1.82, 2.24) is 0 Å². The average Bonchev–Trinajstić information content (AvgIpc) is 3.19. The van der Waals surface area contributed by atoms with Crippen molar-refractivity contribution in [3.05, 3.63) is 129 Å². The second-order valence-corrected chi connectivity index (χ2v) is 27.7. The minimum Gasteiger partial charge on any atom is -0.127 e. The zero-order chi connectivity index (χ0) is 41.4. The summed E-state index contributed by atoms with van der Waals surface area (Å²) in [6, 6.07) is 30.9. The summed E-state index contributed by atoms with van der Waals surface area (Å²) in [6.45, 7) is 18.4. The first-order valence-corrected chi connectivity index (χ1v) is 29.2. The number of fused-ring (bicyclic) bond motifs is 2. The van der Waals surface area contributed by atoms with E-state index in [9.17, 15) is 0 Å². The van der Waals surface area contributed by atoms with E-state index < -0.39 is 16.1 Å². The molecule has 0 aliphatic carbocycles. The topological polar surface area (TPSA) is 0 Å². The van der Waals surface area contributed by atoms with Gasteiger partial charge in [0.15, 0.2) is 0 Å². The Morgan fingerprint density at radius 3 is 1.00 bits per heavy atom. The van der Waals surface area contributed by atoms with Crippen molar-refractivity contribution < 1.29 is 0 Å². The van der Waals surface area contributed by atoms with Crippen LogP contribution in [0.1, 0.15) is 135 Å². The quantitative estimate of drug-likeness (QED) is 0.0455. The van der Waals surface area contributed by atoms with Crippen molar-refractivity contribution in [2.45, 2.75) is 143 Å². The van der Waals surface area contributed by atoms with E-state index in [1.54, 1.807) is 0 Å². The molecule has 0 aliphatic rings. The van der Waals surface area contributed by atoms with Gasteiger partial charge in [0.05, 0.1) is 0 Å². The van der Waals surface area contributed by atoms with E-state index in [2.05, 4.69) is 185 Å². The summed E-state index contributed by atoms with van der Waals surface area (Å²) in [4.78, 5) is 0. The van der Waals surface area contributed by atoms with Gasteiger partial charge in [-0.2, -0.15) is 0 Å². The smallest absolute Gasteiger partial charge is 0.127 e. The average molecular weight is 795 g/mol. The van der Waals surface area contributed by atoms with E-state index in [0.29, 0.717) is 0 Å². The summed E-state index contributed by atoms with van der Waals surface area (Å²) in [6.07, 6.45) is 17.6. The Hall–Kier alpha value is -4.71. The molecule has 0 spiro atoms. The minimum atomic E-state index is -1.53. The number of hydrogen-bond acceptors (Lipinski definition) is 0. The van der Waals surface area contributed by atoms with Gasteiger partial charge in [0.25, 0.3) is 0 Å². The van der Waals surface area contributed by atoms with Crippen molar-refractivity contribution >= 4 is 37.7 Å². The molecule has 5 rings (SSSR count). The zero-order valence-electron chi connectivity index (χ0n) is 37.0. The van der Waals surface area contributed by atoms with Crippen molar-refractivity contribution in [2.24, 2.45) is 0 Å². The first kappa shape index (κ1) is 44.4. The van der Waals surface area contributed by atoms with E-state index in [4.69, 9.17) is 0 Å². The van der Waals surface area contributed by atoms with Gasteiger partial charge in [-0.05, 0) is 94.8 Å². The van der Waals surface area contributed by atoms with Crippen LogP contribution in [0.5, 0.6) is 0 Å². The lowest BCUT2D eigenvalue weighted by molar-refractivity contribution is 0.607. The highest BCUT2D eigenvalue weighted by molar-refractivity contribution is 6.84. The van der Waals surface area contributed by atoms with E-state index in [1.807, 2.05) is 0 Å². The number of rotatable bonds is 14. The number of benzene rings is 5. The second kappa shape index (κ2) is 21.9. The van der Waals surface area contributed by atoms with Crippen LogP contribution < -0.4 is 0 Å². The van der Waals surface area contributed by atoms with Gasteiger partial charge in [-0.25, -0.2) is 0 Å². The fourth-order valence-electron chi connectivity index (χ4n) is 7.37. The Balaban J connectivity index is 1.55. The molecule has 0 fully saturated rings. The van der Waals surface area contributed by atoms with Crippen LogP contribution >= 0.6 is 0 Å². The molecule has 0 saturated heterocycles. The molecule has 5 aromatic rings. The van der Waals surface area contributed by atoms with Gasteiger partial charge in [0.1, 0.15) is 16.1 Å². The van der Waals surface area contributed by atoms with Gasteiger partial charge in [-0.1, -0.05) is 201 Å². The lowest BCUT2D eigenvalue weighted by atomic mass is 9.91. The third kappa shape index (κ3) is 14.3. The molecule has 0 atom stereocenters. The Morgan fingerprint density at radius 1 is 0.362 bits per heavy atom. The van der Waals surface area contributed by atoms with Crippen LogP contribution in [0.3, 0.4) is 0 Å². The minimum absolute atomic E-state index is 1.04. The van der Waals surface area contributed by atoms with E-state index in [1.165, 1.54) is 88.2 Å². The van der Waals surface area contributed by atoms with Crippen LogP contribution in [-0.4, -0.2) is 16.1 Å². The molecule has 58 heavy (non-hydrogen) atoms. The largest absolute Gasteiger partial charge is 0.129 e. The first-order valence-electron chi connectivity index (χ1n) is 22.2. The lowest BCUT2D eigenvalue weighted by Crippen LogP contribution is -2.16. The second-order valence-electron chi connectivity index (χ2n) is 18.2. The SMILES string of the molecule is CCCCCCCCc1cc(C#Cc2c3ccccc3c(C#Cc3cc(C#C[Si](C)(C)C)cc(CCCCCCCC)c3)c3ccccc23)cc(C#C[Si](C)(C)C)c1. The fourth-order valence-corrected chi connectivity index (χ4v) is 8.41. The van der Waals surface area contributed by atoms with E-state index in [0.717, 1.165) is 67.8 Å². The third-order valence-electron chi connectivity index (χ3n) is 10.4. The molecule has 0 aliphatic heterocycles. The predicted molar refractivity (Wildman–Crippen MR) is 261 cm³/mol. The van der Waals surface area contributed by atoms with Crippen molar-refractivity contribution in [3.8, 4) is 46.6 Å². The number of hydrogen-bond donors (Lipinski definition) is 0. The Labute approximate surface area is 355 Å². The van der Waals surface area contributed by atoms with Crippen LogP contribution in [0.4, 0.5) is 0 Å². The molecule has 298 valence electrons. The van der Waals surface area contributed by atoms with Crippen molar-refractivity contribution in [3.63, 3.8) is 0 Å². The van der Waals surface area contributed by atoms with E-state index in [-0.39, 0.29) is 0 Å².